The average Bonchev–Trinajstić information content (AvgIpc) is 3.09. The Bertz CT molecular complexity index is 893. The molecule has 0 rings (SSSR count). The Labute approximate surface area is 305 Å². The van der Waals surface area contributed by atoms with E-state index in [-0.39, 0.29) is 69.9 Å². The van der Waals surface area contributed by atoms with Crippen LogP contribution in [-0.2, 0) is 42.9 Å². The van der Waals surface area contributed by atoms with Crippen LogP contribution in [-0.4, -0.2) is 112 Å². The first-order valence-electron chi connectivity index (χ1n) is 19.3. The summed E-state index contributed by atoms with van der Waals surface area (Å²) in [7, 11) is 0. The Morgan fingerprint density at radius 1 is 0.529 bits per heavy atom. The Morgan fingerprint density at radius 3 is 1.49 bits per heavy atom. The van der Waals surface area contributed by atoms with Crippen molar-refractivity contribution in [1.29, 1.82) is 0 Å². The summed E-state index contributed by atoms with van der Waals surface area (Å²) in [6.45, 7) is 5.27. The molecule has 0 aliphatic heterocycles. The van der Waals surface area contributed by atoms with Crippen LogP contribution in [0.25, 0.3) is 0 Å². The number of hydrogen-bond acceptors (Lipinski definition) is 9. The second-order valence-electron chi connectivity index (χ2n) is 13.0. The summed E-state index contributed by atoms with van der Waals surface area (Å²) in [5.74, 6) is -4.94. The lowest BCUT2D eigenvalue weighted by Crippen LogP contribution is -2.34. The normalized spacial score (nSPS) is 11.7. The van der Waals surface area contributed by atoms with Crippen LogP contribution < -0.4 is 16.0 Å². The van der Waals surface area contributed by atoms with Crippen LogP contribution in [0.3, 0.4) is 0 Å². The van der Waals surface area contributed by atoms with Gasteiger partial charge in [-0.1, -0.05) is 96.8 Å². The van der Waals surface area contributed by atoms with Crippen LogP contribution in [0.4, 0.5) is 0 Å². The first-order chi connectivity index (χ1) is 24.7. The molecule has 0 radical (unpaired) electrons. The highest BCUT2D eigenvalue weighted by Crippen LogP contribution is 2.14. The molecule has 0 aromatic carbocycles. The predicted molar refractivity (Wildman–Crippen MR) is 194 cm³/mol. The first-order valence-corrected chi connectivity index (χ1v) is 19.3. The van der Waals surface area contributed by atoms with E-state index in [1.54, 1.807) is 0 Å². The summed E-state index contributed by atoms with van der Waals surface area (Å²) in [5.41, 5.74) is 0. The van der Waals surface area contributed by atoms with Crippen molar-refractivity contribution in [3.8, 4) is 0 Å². The lowest BCUT2D eigenvalue weighted by Gasteiger charge is -2.14. The average molecular weight is 732 g/mol. The monoisotopic (exact) mass is 731 g/mol. The van der Waals surface area contributed by atoms with Crippen molar-refractivity contribution < 1.29 is 53.1 Å². The van der Waals surface area contributed by atoms with E-state index < -0.39 is 24.5 Å². The lowest BCUT2D eigenvalue weighted by molar-refractivity contribution is -0.157. The van der Waals surface area contributed by atoms with Crippen molar-refractivity contribution in [3.05, 3.63) is 0 Å². The Kier molecular flexibility index (Phi) is 33.6. The molecule has 0 saturated heterocycles. The van der Waals surface area contributed by atoms with E-state index in [1.807, 2.05) is 6.92 Å². The maximum atomic E-state index is 12.2. The molecule has 0 spiro atoms. The molecule has 0 heterocycles. The minimum Gasteiger partial charge on any atom is -0.481 e. The number of carboxylic acids is 2. The molecule has 1 atom stereocenters. The second kappa shape index (κ2) is 35.6. The Hall–Kier alpha value is -2.81. The molecule has 0 saturated carbocycles. The van der Waals surface area contributed by atoms with Gasteiger partial charge >= 0.3 is 11.9 Å². The maximum Gasteiger partial charge on any atom is 0.320 e. The summed E-state index contributed by atoms with van der Waals surface area (Å²) in [6, 6.07) is -0.0653. The summed E-state index contributed by atoms with van der Waals surface area (Å²) in [5, 5.41) is 25.9. The largest absolute Gasteiger partial charge is 0.481 e. The zero-order valence-corrected chi connectivity index (χ0v) is 31.5. The fourth-order valence-electron chi connectivity index (χ4n) is 5.14. The number of carbonyl (C=O) groups is 5. The standard InChI is InChI=1S/C37H69N3O11/c1-3-4-5-6-7-8-9-10-11-12-13-14-15-16-17-18-34(42)40-31(2)19-20-33(41)38-21-23-48-26-28-51-30-35(43)39-22-24-49-25-27-50-29-32(36(44)45)37(46)47/h31-32H,3-30H2,1-2H3,(H,38,41)(H,39,43)(H,40,42)(H,44,45)(H,46,47)/t31-/m0/s1. The van der Waals surface area contributed by atoms with E-state index in [1.165, 1.54) is 83.5 Å². The molecule has 51 heavy (non-hydrogen) atoms. The number of unbranched alkanes of at least 4 members (excludes halogenated alkanes) is 14. The lowest BCUT2D eigenvalue weighted by atomic mass is 10.0. The number of aliphatic carboxylic acids is 2. The summed E-state index contributed by atoms with van der Waals surface area (Å²) < 4.78 is 20.9. The maximum absolute atomic E-state index is 12.2. The molecule has 0 aromatic rings. The molecule has 0 aliphatic rings. The van der Waals surface area contributed by atoms with E-state index in [2.05, 4.69) is 22.9 Å². The van der Waals surface area contributed by atoms with E-state index >= 15 is 0 Å². The molecule has 298 valence electrons. The SMILES string of the molecule is CCCCCCCCCCCCCCCCCC(=O)N[C@@H](C)CCC(=O)NCCOCCOCC(=O)NCCOCCOCC(C(=O)O)C(=O)O. The molecule has 0 unspecified atom stereocenters. The van der Waals surface area contributed by atoms with Crippen molar-refractivity contribution in [1.82, 2.24) is 16.0 Å². The first kappa shape index (κ1) is 48.2. The molecule has 5 N–H and O–H groups in total. The molecule has 14 heteroatoms. The molecule has 3 amide bonds. The van der Waals surface area contributed by atoms with E-state index in [4.69, 9.17) is 29.2 Å². The zero-order chi connectivity index (χ0) is 37.8. The van der Waals surface area contributed by atoms with E-state index in [0.717, 1.165) is 12.8 Å². The van der Waals surface area contributed by atoms with Crippen molar-refractivity contribution in [2.45, 2.75) is 135 Å². The third kappa shape index (κ3) is 34.1. The van der Waals surface area contributed by atoms with Crippen molar-refractivity contribution >= 4 is 29.7 Å². The van der Waals surface area contributed by atoms with E-state index in [0.29, 0.717) is 32.4 Å². The van der Waals surface area contributed by atoms with Gasteiger partial charge in [-0.25, -0.2) is 0 Å². The van der Waals surface area contributed by atoms with Gasteiger partial charge in [0, 0.05) is 32.0 Å². The highest BCUT2D eigenvalue weighted by Gasteiger charge is 2.25. The molecule has 0 aliphatic carbocycles. The highest BCUT2D eigenvalue weighted by atomic mass is 16.5. The quantitative estimate of drug-likeness (QED) is 0.0439. The number of nitrogens with one attached hydrogen (secondary N) is 3. The fourth-order valence-corrected chi connectivity index (χ4v) is 5.14. The number of carboxylic acid groups (broad SMARTS) is 2. The molecule has 0 bridgehead atoms. The van der Waals surface area contributed by atoms with Gasteiger partial charge in [-0.3, -0.25) is 24.0 Å². The van der Waals surface area contributed by atoms with Gasteiger partial charge in [-0.05, 0) is 19.8 Å². The van der Waals surface area contributed by atoms with Crippen molar-refractivity contribution in [2.75, 3.05) is 65.9 Å². The van der Waals surface area contributed by atoms with Gasteiger partial charge < -0.3 is 45.1 Å². The van der Waals surface area contributed by atoms with Crippen LogP contribution in [0.5, 0.6) is 0 Å². The number of amides is 3. The Balaban J connectivity index is 3.51. The summed E-state index contributed by atoms with van der Waals surface area (Å²) >= 11 is 0. The molecular formula is C37H69N3O11. The minimum absolute atomic E-state index is 0.0241. The van der Waals surface area contributed by atoms with Crippen molar-refractivity contribution in [3.63, 3.8) is 0 Å². The van der Waals surface area contributed by atoms with Crippen LogP contribution >= 0.6 is 0 Å². The van der Waals surface area contributed by atoms with Crippen LogP contribution in [0.15, 0.2) is 0 Å². The minimum atomic E-state index is -1.62. The molecule has 0 fully saturated rings. The number of carbonyl (C=O) groups excluding carboxylic acids is 3. The molecule has 14 nitrogen and oxygen atoms in total. The van der Waals surface area contributed by atoms with Gasteiger partial charge in [-0.2, -0.15) is 0 Å². The van der Waals surface area contributed by atoms with Gasteiger partial charge in [0.2, 0.25) is 17.7 Å². The highest BCUT2D eigenvalue weighted by molar-refractivity contribution is 5.93. The third-order valence-electron chi connectivity index (χ3n) is 8.21. The number of ether oxygens (including phenoxy) is 4. The predicted octanol–water partition coefficient (Wildman–Crippen LogP) is 4.62. The van der Waals surface area contributed by atoms with Gasteiger partial charge in [0.1, 0.15) is 6.61 Å². The third-order valence-corrected chi connectivity index (χ3v) is 8.21. The number of rotatable bonds is 38. The fraction of sp³-hybridized carbons (Fsp3) is 0.865. The molecule has 0 aromatic heterocycles. The van der Waals surface area contributed by atoms with Crippen LogP contribution in [0, 0.1) is 5.92 Å². The van der Waals surface area contributed by atoms with Gasteiger partial charge in [0.05, 0.1) is 46.2 Å². The summed E-state index contributed by atoms with van der Waals surface area (Å²) in [6.07, 6.45) is 20.9. The van der Waals surface area contributed by atoms with E-state index in [9.17, 15) is 24.0 Å². The second-order valence-corrected chi connectivity index (χ2v) is 13.0. The van der Waals surface area contributed by atoms with Crippen LogP contribution in [0.1, 0.15) is 129 Å². The van der Waals surface area contributed by atoms with Gasteiger partial charge in [-0.15, -0.1) is 0 Å². The Morgan fingerprint density at radius 2 is 0.980 bits per heavy atom. The smallest absolute Gasteiger partial charge is 0.320 e. The summed E-state index contributed by atoms with van der Waals surface area (Å²) in [4.78, 5) is 57.6. The van der Waals surface area contributed by atoms with Gasteiger partial charge in [0.15, 0.2) is 5.92 Å². The van der Waals surface area contributed by atoms with Crippen molar-refractivity contribution in [2.24, 2.45) is 5.92 Å². The molecular weight excluding hydrogens is 662 g/mol. The van der Waals surface area contributed by atoms with Crippen LogP contribution in [0.2, 0.25) is 0 Å². The number of hydrogen-bond donors (Lipinski definition) is 5. The van der Waals surface area contributed by atoms with Gasteiger partial charge in [0.25, 0.3) is 0 Å². The zero-order valence-electron chi connectivity index (χ0n) is 31.5. The topological polar surface area (TPSA) is 199 Å².